The molecule has 3 aromatic rings. The molecule has 2 aromatic heterocycles. The van der Waals surface area contributed by atoms with E-state index in [2.05, 4.69) is 39.4 Å². The summed E-state index contributed by atoms with van der Waals surface area (Å²) in [6, 6.07) is 12.5. The van der Waals surface area contributed by atoms with E-state index in [-0.39, 0.29) is 0 Å². The van der Waals surface area contributed by atoms with Crippen LogP contribution in [0, 0.1) is 0 Å². The first-order valence-electron chi connectivity index (χ1n) is 8.70. The van der Waals surface area contributed by atoms with Crippen LogP contribution in [-0.4, -0.2) is 36.1 Å². The molecule has 3 heterocycles. The number of hydrogen-bond acceptors (Lipinski definition) is 4. The molecule has 0 spiro atoms. The Balaban J connectivity index is 1.49. The summed E-state index contributed by atoms with van der Waals surface area (Å²) in [7, 11) is 0. The molecular weight excluding hydrogens is 314 g/mol. The van der Waals surface area contributed by atoms with Crippen LogP contribution in [0.1, 0.15) is 35.5 Å². The summed E-state index contributed by atoms with van der Waals surface area (Å²) in [5.74, 6) is 0. The number of aromatic nitrogens is 4. The molecule has 0 bridgehead atoms. The van der Waals surface area contributed by atoms with Crippen molar-refractivity contribution in [2.45, 2.75) is 39.2 Å². The minimum absolute atomic E-state index is 0.513. The van der Waals surface area contributed by atoms with Gasteiger partial charge in [0.2, 0.25) is 0 Å². The van der Waals surface area contributed by atoms with Gasteiger partial charge in [0.25, 0.3) is 0 Å². The monoisotopic (exact) mass is 337 g/mol. The smallest absolute Gasteiger partial charge is 0.0950 e. The Morgan fingerprint density at radius 1 is 1.12 bits per heavy atom. The summed E-state index contributed by atoms with van der Waals surface area (Å²) in [6.45, 7) is 6.15. The SMILES string of the molecule is C[C@H](O)c1cc2n(n1)CCN(Cc1ccccc1Cn1cccn1)C2. The van der Waals surface area contributed by atoms with Gasteiger partial charge in [-0.15, -0.1) is 0 Å². The average molecular weight is 337 g/mol. The van der Waals surface area contributed by atoms with Crippen molar-refractivity contribution in [3.05, 3.63) is 71.3 Å². The Morgan fingerprint density at radius 3 is 2.64 bits per heavy atom. The summed E-state index contributed by atoms with van der Waals surface area (Å²) >= 11 is 0. The third-order valence-corrected chi connectivity index (χ3v) is 4.73. The fourth-order valence-corrected chi connectivity index (χ4v) is 3.36. The summed E-state index contributed by atoms with van der Waals surface area (Å²) < 4.78 is 3.98. The Morgan fingerprint density at radius 2 is 1.92 bits per heavy atom. The highest BCUT2D eigenvalue weighted by molar-refractivity contribution is 5.27. The van der Waals surface area contributed by atoms with Gasteiger partial charge in [-0.05, 0) is 30.2 Å². The molecule has 0 saturated heterocycles. The van der Waals surface area contributed by atoms with Gasteiger partial charge in [-0.1, -0.05) is 24.3 Å². The maximum Gasteiger partial charge on any atom is 0.0950 e. The first-order valence-corrected chi connectivity index (χ1v) is 8.70. The number of benzene rings is 1. The van der Waals surface area contributed by atoms with Crippen LogP contribution in [0.5, 0.6) is 0 Å². The maximum absolute atomic E-state index is 9.74. The quantitative estimate of drug-likeness (QED) is 0.775. The predicted molar refractivity (Wildman–Crippen MR) is 94.7 cm³/mol. The Hall–Kier alpha value is -2.44. The molecular formula is C19H23N5O. The normalized spacial score (nSPS) is 15.9. The molecule has 6 nitrogen and oxygen atoms in total. The lowest BCUT2D eigenvalue weighted by atomic mass is 10.1. The zero-order valence-corrected chi connectivity index (χ0v) is 14.4. The summed E-state index contributed by atoms with van der Waals surface area (Å²) in [5.41, 5.74) is 4.57. The topological polar surface area (TPSA) is 59.1 Å². The van der Waals surface area contributed by atoms with Gasteiger partial charge in [0.1, 0.15) is 0 Å². The lowest BCUT2D eigenvalue weighted by Gasteiger charge is -2.28. The highest BCUT2D eigenvalue weighted by Gasteiger charge is 2.20. The zero-order valence-electron chi connectivity index (χ0n) is 14.4. The van der Waals surface area contributed by atoms with Crippen LogP contribution < -0.4 is 0 Å². The molecule has 1 aliphatic heterocycles. The van der Waals surface area contributed by atoms with Crippen LogP contribution >= 0.6 is 0 Å². The van der Waals surface area contributed by atoms with Crippen molar-refractivity contribution in [2.75, 3.05) is 6.54 Å². The van der Waals surface area contributed by atoms with Crippen LogP contribution in [0.25, 0.3) is 0 Å². The maximum atomic E-state index is 9.74. The lowest BCUT2D eigenvalue weighted by molar-refractivity contribution is 0.189. The fourth-order valence-electron chi connectivity index (χ4n) is 3.36. The van der Waals surface area contributed by atoms with E-state index < -0.39 is 6.10 Å². The molecule has 130 valence electrons. The molecule has 25 heavy (non-hydrogen) atoms. The molecule has 1 aliphatic rings. The zero-order chi connectivity index (χ0) is 17.2. The van der Waals surface area contributed by atoms with Crippen molar-refractivity contribution in [1.82, 2.24) is 24.5 Å². The van der Waals surface area contributed by atoms with Gasteiger partial charge < -0.3 is 5.11 Å². The number of nitrogens with zero attached hydrogens (tertiary/aromatic N) is 5. The van der Waals surface area contributed by atoms with Crippen LogP contribution in [0.15, 0.2) is 48.8 Å². The van der Waals surface area contributed by atoms with Crippen molar-refractivity contribution in [3.63, 3.8) is 0 Å². The molecule has 0 unspecified atom stereocenters. The molecule has 1 aromatic carbocycles. The fraction of sp³-hybridized carbons (Fsp3) is 0.368. The Labute approximate surface area is 147 Å². The van der Waals surface area contributed by atoms with Crippen molar-refractivity contribution in [2.24, 2.45) is 0 Å². The average Bonchev–Trinajstić information content (AvgIpc) is 3.25. The van der Waals surface area contributed by atoms with Crippen LogP contribution in [0.4, 0.5) is 0 Å². The summed E-state index contributed by atoms with van der Waals surface area (Å²) in [6.07, 6.45) is 3.29. The predicted octanol–water partition coefficient (Wildman–Crippen LogP) is 2.20. The second-order valence-electron chi connectivity index (χ2n) is 6.64. The number of fused-ring (bicyclic) bond motifs is 1. The molecule has 0 fully saturated rings. The van der Waals surface area contributed by atoms with E-state index in [0.717, 1.165) is 38.4 Å². The van der Waals surface area contributed by atoms with Crippen molar-refractivity contribution in [3.8, 4) is 0 Å². The van der Waals surface area contributed by atoms with Gasteiger partial charge >= 0.3 is 0 Å². The molecule has 1 atom stereocenters. The number of hydrogen-bond donors (Lipinski definition) is 1. The van der Waals surface area contributed by atoms with Gasteiger partial charge in [0.05, 0.1) is 30.6 Å². The Bertz CT molecular complexity index is 837. The van der Waals surface area contributed by atoms with E-state index in [4.69, 9.17) is 0 Å². The number of aliphatic hydroxyl groups excluding tert-OH is 1. The van der Waals surface area contributed by atoms with E-state index in [1.165, 1.54) is 16.8 Å². The summed E-state index contributed by atoms with van der Waals surface area (Å²) in [5, 5.41) is 18.5. The number of aliphatic hydroxyl groups is 1. The molecule has 4 rings (SSSR count). The third-order valence-electron chi connectivity index (χ3n) is 4.73. The molecule has 1 N–H and O–H groups in total. The molecule has 0 radical (unpaired) electrons. The van der Waals surface area contributed by atoms with Gasteiger partial charge in [0.15, 0.2) is 0 Å². The minimum Gasteiger partial charge on any atom is -0.387 e. The van der Waals surface area contributed by atoms with E-state index in [1.54, 1.807) is 6.92 Å². The van der Waals surface area contributed by atoms with Gasteiger partial charge in [0, 0.05) is 32.0 Å². The molecule has 0 aliphatic carbocycles. The van der Waals surface area contributed by atoms with E-state index in [1.807, 2.05) is 33.9 Å². The summed E-state index contributed by atoms with van der Waals surface area (Å²) in [4.78, 5) is 2.44. The van der Waals surface area contributed by atoms with Crippen molar-refractivity contribution >= 4 is 0 Å². The van der Waals surface area contributed by atoms with Crippen LogP contribution in [0.3, 0.4) is 0 Å². The van der Waals surface area contributed by atoms with Crippen LogP contribution in [0.2, 0.25) is 0 Å². The standard InChI is InChI=1S/C19H23N5O/c1-15(25)19-11-18-14-22(9-10-24(18)21-19)12-16-5-2-3-6-17(16)13-23-8-4-7-20-23/h2-8,11,15,25H,9-10,12-14H2,1H3/t15-/m0/s1. The first-order chi connectivity index (χ1) is 12.2. The Kier molecular flexibility index (Phi) is 4.38. The van der Waals surface area contributed by atoms with E-state index in [9.17, 15) is 5.11 Å². The largest absolute Gasteiger partial charge is 0.387 e. The molecule has 6 heteroatoms. The van der Waals surface area contributed by atoms with Gasteiger partial charge in [-0.3, -0.25) is 14.3 Å². The number of rotatable bonds is 5. The lowest BCUT2D eigenvalue weighted by Crippen LogP contribution is -2.33. The highest BCUT2D eigenvalue weighted by atomic mass is 16.3. The third kappa shape index (κ3) is 3.50. The highest BCUT2D eigenvalue weighted by Crippen LogP contribution is 2.20. The van der Waals surface area contributed by atoms with Crippen molar-refractivity contribution < 1.29 is 5.11 Å². The van der Waals surface area contributed by atoms with Gasteiger partial charge in [-0.2, -0.15) is 10.2 Å². The second-order valence-corrected chi connectivity index (χ2v) is 6.64. The van der Waals surface area contributed by atoms with Crippen molar-refractivity contribution in [1.29, 1.82) is 0 Å². The van der Waals surface area contributed by atoms with E-state index in [0.29, 0.717) is 0 Å². The second kappa shape index (κ2) is 6.82. The molecule has 0 saturated carbocycles. The van der Waals surface area contributed by atoms with E-state index >= 15 is 0 Å². The van der Waals surface area contributed by atoms with Gasteiger partial charge in [-0.25, -0.2) is 0 Å². The molecule has 0 amide bonds. The first kappa shape index (κ1) is 16.1. The van der Waals surface area contributed by atoms with Crippen LogP contribution in [-0.2, 0) is 26.2 Å². The minimum atomic E-state index is -0.513.